The number of hydrogen-bond acceptors (Lipinski definition) is 16. The summed E-state index contributed by atoms with van der Waals surface area (Å²) in [6, 6.07) is 25.8. The summed E-state index contributed by atoms with van der Waals surface area (Å²) in [5, 5.41) is 39.7. The van der Waals surface area contributed by atoms with Crippen LogP contribution < -0.4 is 21.3 Å². The molecule has 0 aliphatic rings. The van der Waals surface area contributed by atoms with Crippen molar-refractivity contribution in [2.75, 3.05) is 104 Å². The van der Waals surface area contributed by atoms with Crippen LogP contribution >= 0.6 is 0 Å². The smallest absolute Gasteiger partial charge is 0.407 e. The van der Waals surface area contributed by atoms with E-state index in [0.29, 0.717) is 140 Å². The molecule has 0 unspecified atom stereocenters. The molecule has 0 aliphatic carbocycles. The number of amides is 4. The molecule has 5 aromatic rings. The maximum atomic E-state index is 13.1. The van der Waals surface area contributed by atoms with Crippen LogP contribution in [0.5, 0.6) is 5.75 Å². The highest BCUT2D eigenvalue weighted by Crippen LogP contribution is 2.29. The molecule has 0 fully saturated rings. The van der Waals surface area contributed by atoms with E-state index < -0.39 is 11.7 Å². The average molecular weight is 1070 g/mol. The number of benzene rings is 4. The summed E-state index contributed by atoms with van der Waals surface area (Å²) in [7, 11) is 0. The second kappa shape index (κ2) is 33.7. The number of ether oxygens (including phenoxy) is 7. The zero-order chi connectivity index (χ0) is 55.1. The molecule has 0 radical (unpaired) electrons. The van der Waals surface area contributed by atoms with Gasteiger partial charge >= 0.3 is 6.09 Å². The van der Waals surface area contributed by atoms with Gasteiger partial charge in [0, 0.05) is 49.3 Å². The van der Waals surface area contributed by atoms with Gasteiger partial charge in [0.1, 0.15) is 22.8 Å². The van der Waals surface area contributed by atoms with Crippen LogP contribution in [0.4, 0.5) is 22.1 Å². The Morgan fingerprint density at radius 1 is 0.623 bits per heavy atom. The normalized spacial score (nSPS) is 11.5. The number of aromatic nitrogens is 2. The third kappa shape index (κ3) is 23.7. The van der Waals surface area contributed by atoms with Crippen LogP contribution in [-0.2, 0) is 50.9 Å². The fraction of sp³-hybridized carbons (Fsp3) is 0.446. The first kappa shape index (κ1) is 60.6. The summed E-state index contributed by atoms with van der Waals surface area (Å²) in [5.41, 5.74) is 4.01. The molecule has 4 amide bonds. The number of nitrogens with one attached hydrogen (secondary N) is 4. The molecule has 0 saturated heterocycles. The summed E-state index contributed by atoms with van der Waals surface area (Å²) in [4.78, 5) is 54.5. The van der Waals surface area contributed by atoms with Crippen molar-refractivity contribution in [3.63, 3.8) is 0 Å². The number of azo groups is 1. The van der Waals surface area contributed by atoms with Crippen molar-refractivity contribution in [1.29, 1.82) is 0 Å². The zero-order valence-corrected chi connectivity index (χ0v) is 44.4. The number of anilines is 1. The molecule has 6 N–H and O–H groups in total. The van der Waals surface area contributed by atoms with E-state index in [4.69, 9.17) is 33.2 Å². The molecule has 1 heterocycles. The quantitative estimate of drug-likeness (QED) is 0.0125. The van der Waals surface area contributed by atoms with Gasteiger partial charge in [-0.1, -0.05) is 36.9 Å². The number of imidazole rings is 1. The Morgan fingerprint density at radius 3 is 1.92 bits per heavy atom. The Kier molecular flexibility index (Phi) is 26.5. The van der Waals surface area contributed by atoms with Crippen LogP contribution in [0.1, 0.15) is 78.3 Å². The number of carbonyl (C=O) groups is 4. The molecule has 0 saturated carbocycles. The van der Waals surface area contributed by atoms with Gasteiger partial charge in [-0.25, -0.2) is 9.78 Å². The zero-order valence-electron chi connectivity index (χ0n) is 44.4. The minimum atomic E-state index is -0.586. The lowest BCUT2D eigenvalue weighted by molar-refractivity contribution is -0.122. The predicted molar refractivity (Wildman–Crippen MR) is 291 cm³/mol. The van der Waals surface area contributed by atoms with Crippen molar-refractivity contribution >= 4 is 57.9 Å². The first-order valence-corrected chi connectivity index (χ1v) is 25.8. The number of aliphatic hydroxyl groups is 1. The van der Waals surface area contributed by atoms with Crippen LogP contribution in [0.2, 0.25) is 0 Å². The summed E-state index contributed by atoms with van der Waals surface area (Å²) >= 11 is 0. The molecular formula is C56H74N8O13. The number of aliphatic hydroxyl groups excluding tert-OH is 1. The highest BCUT2D eigenvalue weighted by molar-refractivity contribution is 6.04. The lowest BCUT2D eigenvalue weighted by Gasteiger charge is -2.19. The Bertz CT molecular complexity index is 2650. The van der Waals surface area contributed by atoms with Gasteiger partial charge in [-0.2, -0.15) is 5.11 Å². The van der Waals surface area contributed by atoms with Crippen LogP contribution in [0.3, 0.4) is 0 Å². The van der Waals surface area contributed by atoms with E-state index in [1.165, 1.54) is 6.07 Å². The van der Waals surface area contributed by atoms with Crippen LogP contribution in [0, 0.1) is 0 Å². The number of hydrogen-bond donors (Lipinski definition) is 6. The van der Waals surface area contributed by atoms with Crippen LogP contribution in [-0.4, -0.2) is 148 Å². The van der Waals surface area contributed by atoms with E-state index in [9.17, 15) is 29.4 Å². The second-order valence-corrected chi connectivity index (χ2v) is 18.4. The molecule has 1 aromatic heterocycles. The lowest BCUT2D eigenvalue weighted by Crippen LogP contribution is -2.33. The minimum absolute atomic E-state index is 0.0364. The molecule has 0 spiro atoms. The maximum Gasteiger partial charge on any atom is 0.407 e. The highest BCUT2D eigenvalue weighted by atomic mass is 16.6. The maximum absolute atomic E-state index is 13.1. The lowest BCUT2D eigenvalue weighted by atomic mass is 10.1. The van der Waals surface area contributed by atoms with E-state index in [1.807, 2.05) is 28.8 Å². The Balaban J connectivity index is 0.771. The number of phenols is 1. The topological polar surface area (TPSA) is 264 Å². The Morgan fingerprint density at radius 2 is 1.26 bits per heavy atom. The molecule has 0 bridgehead atoms. The highest BCUT2D eigenvalue weighted by Gasteiger charge is 2.17. The molecule has 4 aromatic carbocycles. The monoisotopic (exact) mass is 1070 g/mol. The molecule has 5 rings (SSSR count). The van der Waals surface area contributed by atoms with Gasteiger partial charge in [0.15, 0.2) is 0 Å². The summed E-state index contributed by atoms with van der Waals surface area (Å²) in [6.45, 7) is 15.4. The number of alkyl carbamates (subject to hydrolysis) is 1. The van der Waals surface area contributed by atoms with Gasteiger partial charge in [-0.3, -0.25) is 19.7 Å². The summed E-state index contributed by atoms with van der Waals surface area (Å²) in [5.74, 6) is -0.381. The number of rotatable bonds is 36. The number of carbonyl (C=O) groups excluding carboxylic acids is 4. The predicted octanol–water partition coefficient (Wildman–Crippen LogP) is 8.21. The van der Waals surface area contributed by atoms with Crippen LogP contribution in [0.25, 0.3) is 16.8 Å². The molecule has 0 atom stereocenters. The number of fused-ring (bicyclic) bond motifs is 1. The van der Waals surface area contributed by atoms with Crippen molar-refractivity contribution in [2.24, 2.45) is 10.2 Å². The third-order valence-electron chi connectivity index (χ3n) is 11.1. The van der Waals surface area contributed by atoms with Gasteiger partial charge in [0.2, 0.25) is 11.9 Å². The summed E-state index contributed by atoms with van der Waals surface area (Å²) < 4.78 is 40.5. The van der Waals surface area contributed by atoms with E-state index >= 15 is 0 Å². The molecule has 21 nitrogen and oxygen atoms in total. The first-order chi connectivity index (χ1) is 37.3. The van der Waals surface area contributed by atoms with Gasteiger partial charge in [-0.15, -0.1) is 5.11 Å². The van der Waals surface area contributed by atoms with Crippen molar-refractivity contribution in [1.82, 2.24) is 25.5 Å². The fourth-order valence-corrected chi connectivity index (χ4v) is 7.22. The minimum Gasteiger partial charge on any atom is -0.508 e. The number of nitrogens with zero attached hydrogens (tertiary/aromatic N) is 4. The molecule has 77 heavy (non-hydrogen) atoms. The number of para-hydroxylation sites is 2. The summed E-state index contributed by atoms with van der Waals surface area (Å²) in [6.07, 6.45) is 2.74. The fourth-order valence-electron chi connectivity index (χ4n) is 7.22. The van der Waals surface area contributed by atoms with Crippen molar-refractivity contribution < 1.29 is 62.5 Å². The van der Waals surface area contributed by atoms with Gasteiger partial charge in [-0.05, 0) is 113 Å². The number of aryl methyl sites for hydroxylation is 1. The SMILES string of the molecule is C=C(O)c1cccc(C(=O)Nc2nc3ccccc3n2CCCCCNC(=O)CCOCCOCCOCCOCCOCCOCCNC(=O)c2ccc(N=Nc3cc(CCNC(=O)OC(C)(C)C)ccc3O)cc2)c1. The first-order valence-electron chi connectivity index (χ1n) is 25.8. The van der Waals surface area contributed by atoms with E-state index in [-0.39, 0.29) is 41.3 Å². The van der Waals surface area contributed by atoms with E-state index in [2.05, 4.69) is 43.1 Å². The van der Waals surface area contributed by atoms with Crippen molar-refractivity contribution in [2.45, 2.75) is 65.0 Å². The van der Waals surface area contributed by atoms with Gasteiger partial charge < -0.3 is 63.9 Å². The van der Waals surface area contributed by atoms with Gasteiger partial charge in [0.05, 0.1) is 96.0 Å². The Hall–Kier alpha value is -7.27. The van der Waals surface area contributed by atoms with E-state index in [1.54, 1.807) is 81.4 Å². The molecule has 416 valence electrons. The Labute approximate surface area is 449 Å². The second-order valence-electron chi connectivity index (χ2n) is 18.4. The van der Waals surface area contributed by atoms with Crippen molar-refractivity contribution in [3.8, 4) is 5.75 Å². The van der Waals surface area contributed by atoms with E-state index in [0.717, 1.165) is 35.9 Å². The number of unbranched alkanes of at least 4 members (excludes halogenated alkanes) is 2. The van der Waals surface area contributed by atoms with Crippen molar-refractivity contribution in [3.05, 3.63) is 120 Å². The van der Waals surface area contributed by atoms with Crippen LogP contribution in [0.15, 0.2) is 108 Å². The number of aromatic hydroxyl groups is 1. The molecule has 0 aliphatic heterocycles. The third-order valence-corrected chi connectivity index (χ3v) is 11.1. The molecule has 21 heteroatoms. The largest absolute Gasteiger partial charge is 0.508 e. The standard InChI is InChI=1S/C56H74N8O13/c1-41(65)44-11-10-12-45(40-44)53(69)61-54-60-47-13-6-7-14-49(47)64(54)26-9-5-8-23-57-51(67)22-27-71-29-31-73-33-35-75-37-38-76-36-34-74-32-30-72-28-25-58-52(68)43-16-18-46(19-17-43)62-63-48-39-42(15-20-50(48)66)21-24-59-55(70)77-56(2,3)4/h6-7,10-20,39-40,65-66H,1,5,8-9,21-38H2,2-4H3,(H,57,67)(H,58,68)(H,59,70)(H,60,61,69). The van der Waals surface area contributed by atoms with Gasteiger partial charge in [0.25, 0.3) is 11.8 Å². The number of phenolic OH excluding ortho intramolecular Hbond substituents is 1. The molecular weight excluding hydrogens is 993 g/mol. The average Bonchev–Trinajstić information content (AvgIpc) is 3.76.